The monoisotopic (exact) mass is 402 g/mol. The lowest BCUT2D eigenvalue weighted by molar-refractivity contribution is -0.251. The molecule has 1 saturated heterocycles. The van der Waals surface area contributed by atoms with Gasteiger partial charge in [-0.15, -0.1) is 0 Å². The predicted molar refractivity (Wildman–Crippen MR) is 101 cm³/mol. The Balaban J connectivity index is 1.43. The van der Waals surface area contributed by atoms with Gasteiger partial charge in [-0.2, -0.15) is 5.01 Å². The van der Waals surface area contributed by atoms with Crippen molar-refractivity contribution >= 4 is 21.8 Å². The van der Waals surface area contributed by atoms with E-state index in [4.69, 9.17) is 0 Å². The number of carbonyl (C=O) groups is 1. The van der Waals surface area contributed by atoms with Gasteiger partial charge in [-0.25, -0.2) is 0 Å². The summed E-state index contributed by atoms with van der Waals surface area (Å²) >= 11 is 3.58. The molecule has 3 nitrogen and oxygen atoms in total. The summed E-state index contributed by atoms with van der Waals surface area (Å²) in [6, 6.07) is 8.94. The largest absolute Gasteiger partial charge is 0.271 e. The number of hydrogen-bond donors (Lipinski definition) is 0. The van der Waals surface area contributed by atoms with Gasteiger partial charge in [0.15, 0.2) is 0 Å². The highest BCUT2D eigenvalue weighted by atomic mass is 79.9. The van der Waals surface area contributed by atoms with Crippen LogP contribution in [0.3, 0.4) is 0 Å². The standard InChI is InChI=1S/C21H27BrN2O/c1-21(2)20(25)24(23(21)12-13-4-3-5-18(22)11-13)19-16-7-14-6-15(9-16)10-17(19)8-14/h3-5,11,14-17,19H,6-10,12H2,1-2H3. The Hall–Kier alpha value is -0.870. The third kappa shape index (κ3) is 2.43. The molecule has 0 atom stereocenters. The van der Waals surface area contributed by atoms with Crippen molar-refractivity contribution in [1.82, 2.24) is 10.0 Å². The molecule has 0 spiro atoms. The Labute approximate surface area is 158 Å². The second-order valence-corrected chi connectivity index (χ2v) is 10.2. The second-order valence-electron chi connectivity index (χ2n) is 9.32. The van der Waals surface area contributed by atoms with Gasteiger partial charge < -0.3 is 0 Å². The number of benzene rings is 1. The minimum atomic E-state index is -0.378. The van der Waals surface area contributed by atoms with Gasteiger partial charge in [-0.1, -0.05) is 28.1 Å². The van der Waals surface area contributed by atoms with Gasteiger partial charge in [0.05, 0.1) is 6.04 Å². The van der Waals surface area contributed by atoms with Crippen molar-refractivity contribution in [3.63, 3.8) is 0 Å². The van der Waals surface area contributed by atoms with Gasteiger partial charge >= 0.3 is 0 Å². The molecule has 4 saturated carbocycles. The molecule has 5 aliphatic rings. The maximum atomic E-state index is 13.0. The molecular weight excluding hydrogens is 376 g/mol. The summed E-state index contributed by atoms with van der Waals surface area (Å²) < 4.78 is 1.11. The first-order chi connectivity index (χ1) is 11.9. The zero-order chi connectivity index (χ0) is 17.3. The fraction of sp³-hybridized carbons (Fsp3) is 0.667. The van der Waals surface area contributed by atoms with E-state index in [9.17, 15) is 4.79 Å². The molecule has 1 aromatic rings. The van der Waals surface area contributed by atoms with Crippen molar-refractivity contribution in [3.8, 4) is 0 Å². The van der Waals surface area contributed by atoms with Crippen LogP contribution in [0, 0.1) is 23.7 Å². The average molecular weight is 403 g/mol. The normalized spacial score (nSPS) is 38.9. The van der Waals surface area contributed by atoms with E-state index >= 15 is 0 Å². The van der Waals surface area contributed by atoms with Crippen LogP contribution in [0.15, 0.2) is 28.7 Å². The van der Waals surface area contributed by atoms with E-state index < -0.39 is 0 Å². The van der Waals surface area contributed by atoms with E-state index in [1.807, 2.05) is 0 Å². The fourth-order valence-electron chi connectivity index (χ4n) is 6.40. The molecule has 134 valence electrons. The Morgan fingerprint density at radius 1 is 1.08 bits per heavy atom. The first-order valence-electron chi connectivity index (χ1n) is 9.79. The van der Waals surface area contributed by atoms with Crippen LogP contribution in [0.2, 0.25) is 0 Å². The molecule has 6 rings (SSSR count). The van der Waals surface area contributed by atoms with E-state index in [2.05, 4.69) is 64.1 Å². The molecule has 5 fully saturated rings. The Morgan fingerprint density at radius 2 is 1.72 bits per heavy atom. The maximum absolute atomic E-state index is 13.0. The molecule has 25 heavy (non-hydrogen) atoms. The smallest absolute Gasteiger partial charge is 0.258 e. The molecule has 1 aliphatic heterocycles. The lowest BCUT2D eigenvalue weighted by Gasteiger charge is -2.65. The van der Waals surface area contributed by atoms with Gasteiger partial charge in [0.1, 0.15) is 5.54 Å². The topological polar surface area (TPSA) is 23.6 Å². The average Bonchev–Trinajstić information content (AvgIpc) is 2.56. The number of amides is 1. The van der Waals surface area contributed by atoms with Crippen LogP contribution in [0.5, 0.6) is 0 Å². The highest BCUT2D eigenvalue weighted by Gasteiger charge is 2.60. The summed E-state index contributed by atoms with van der Waals surface area (Å²) in [7, 11) is 0. The highest BCUT2D eigenvalue weighted by Crippen LogP contribution is 2.57. The minimum absolute atomic E-state index is 0.333. The van der Waals surface area contributed by atoms with Crippen LogP contribution < -0.4 is 0 Å². The highest BCUT2D eigenvalue weighted by molar-refractivity contribution is 9.10. The summed E-state index contributed by atoms with van der Waals surface area (Å²) in [6.07, 6.45) is 6.87. The van der Waals surface area contributed by atoms with Gasteiger partial charge in [-0.05, 0) is 87.3 Å². The molecule has 4 heteroatoms. The van der Waals surface area contributed by atoms with Crippen LogP contribution in [-0.2, 0) is 11.3 Å². The summed E-state index contributed by atoms with van der Waals surface area (Å²) in [4.78, 5) is 13.0. The van der Waals surface area contributed by atoms with Crippen LogP contribution >= 0.6 is 15.9 Å². The van der Waals surface area contributed by atoms with Crippen LogP contribution in [0.25, 0.3) is 0 Å². The van der Waals surface area contributed by atoms with Crippen LogP contribution in [-0.4, -0.2) is 27.5 Å². The van der Waals surface area contributed by atoms with Crippen molar-refractivity contribution in [1.29, 1.82) is 0 Å². The van der Waals surface area contributed by atoms with Crippen molar-refractivity contribution < 1.29 is 4.79 Å². The number of halogens is 1. The Morgan fingerprint density at radius 3 is 2.32 bits per heavy atom. The number of nitrogens with zero attached hydrogens (tertiary/aromatic N) is 2. The van der Waals surface area contributed by atoms with Crippen molar-refractivity contribution in [2.24, 2.45) is 23.7 Å². The van der Waals surface area contributed by atoms with Crippen LogP contribution in [0.1, 0.15) is 51.5 Å². The molecule has 1 heterocycles. The first-order valence-corrected chi connectivity index (χ1v) is 10.6. The number of hydrogen-bond acceptors (Lipinski definition) is 2. The zero-order valence-electron chi connectivity index (χ0n) is 15.1. The van der Waals surface area contributed by atoms with Gasteiger partial charge in [0.25, 0.3) is 5.91 Å². The fourth-order valence-corrected chi connectivity index (χ4v) is 6.85. The third-order valence-electron chi connectivity index (χ3n) is 7.32. The molecule has 0 unspecified atom stereocenters. The summed E-state index contributed by atoms with van der Waals surface area (Å²) in [5, 5.41) is 4.54. The van der Waals surface area contributed by atoms with Crippen LogP contribution in [0.4, 0.5) is 0 Å². The summed E-state index contributed by atoms with van der Waals surface area (Å²) in [5.74, 6) is 3.70. The quantitative estimate of drug-likeness (QED) is 0.736. The molecule has 0 N–H and O–H groups in total. The van der Waals surface area contributed by atoms with Gasteiger partial charge in [-0.3, -0.25) is 9.80 Å². The lowest BCUT2D eigenvalue weighted by atomic mass is 9.53. The summed E-state index contributed by atoms with van der Waals surface area (Å²) in [6.45, 7) is 4.99. The maximum Gasteiger partial charge on any atom is 0.258 e. The first kappa shape index (κ1) is 16.3. The molecule has 1 amide bonds. The van der Waals surface area contributed by atoms with E-state index in [0.29, 0.717) is 11.9 Å². The molecule has 4 aliphatic carbocycles. The molecule has 0 aromatic heterocycles. The molecule has 0 radical (unpaired) electrons. The van der Waals surface area contributed by atoms with Crippen molar-refractivity contribution in [2.45, 2.75) is 64.1 Å². The number of hydrazine groups is 1. The van der Waals surface area contributed by atoms with Crippen molar-refractivity contribution in [2.75, 3.05) is 0 Å². The Kier molecular flexibility index (Phi) is 3.63. The van der Waals surface area contributed by atoms with E-state index in [1.165, 1.54) is 37.7 Å². The van der Waals surface area contributed by atoms with Gasteiger partial charge in [0, 0.05) is 11.0 Å². The second kappa shape index (κ2) is 5.56. The van der Waals surface area contributed by atoms with Gasteiger partial charge in [0.2, 0.25) is 0 Å². The summed E-state index contributed by atoms with van der Waals surface area (Å²) in [5.41, 5.74) is 0.889. The minimum Gasteiger partial charge on any atom is -0.271 e. The Bertz CT molecular complexity index is 688. The SMILES string of the molecule is CC1(C)C(=O)N(C2C3CC4CC(C3)CC2C4)N1Cc1cccc(Br)c1. The zero-order valence-corrected chi connectivity index (χ0v) is 16.7. The molecule has 1 aromatic carbocycles. The van der Waals surface area contributed by atoms with E-state index in [1.54, 1.807) is 0 Å². The van der Waals surface area contributed by atoms with Crippen molar-refractivity contribution in [3.05, 3.63) is 34.3 Å². The molecule has 4 bridgehead atoms. The van der Waals surface area contributed by atoms with E-state index in [-0.39, 0.29) is 5.54 Å². The third-order valence-corrected chi connectivity index (χ3v) is 7.81. The van der Waals surface area contributed by atoms with E-state index in [0.717, 1.165) is 34.7 Å². The molecular formula is C21H27BrN2O. The predicted octanol–water partition coefficient (Wildman–Crippen LogP) is 4.61. The number of rotatable bonds is 3. The number of carbonyl (C=O) groups excluding carboxylic acids is 1. The lowest BCUT2D eigenvalue weighted by Crippen LogP contribution is -2.79.